The molecule has 1 heterocycles. The molecule has 1 unspecified atom stereocenters. The van der Waals surface area contributed by atoms with Gasteiger partial charge in [0.1, 0.15) is 5.15 Å². The number of ether oxygens (including phenoxy) is 1. The van der Waals surface area contributed by atoms with Crippen molar-refractivity contribution in [3.63, 3.8) is 0 Å². The number of aliphatic hydroxyl groups excluding tert-OH is 1. The molecule has 0 bridgehead atoms. The van der Waals surface area contributed by atoms with Gasteiger partial charge in [0.05, 0.1) is 36.7 Å². The Labute approximate surface area is 104 Å². The number of hydrogen-bond acceptors (Lipinski definition) is 5. The summed E-state index contributed by atoms with van der Waals surface area (Å²) in [6, 6.07) is 0.881. The summed E-state index contributed by atoms with van der Waals surface area (Å²) < 4.78 is 4.84. The Morgan fingerprint density at radius 3 is 3.06 bits per heavy atom. The Hall–Kier alpha value is -1.37. The monoisotopic (exact) mass is 259 g/mol. The van der Waals surface area contributed by atoms with Crippen molar-refractivity contribution >= 4 is 23.2 Å². The molecule has 1 rings (SSSR count). The van der Waals surface area contributed by atoms with Crippen molar-refractivity contribution in [1.82, 2.24) is 10.3 Å². The molecule has 1 aromatic rings. The molecular weight excluding hydrogens is 246 g/mol. The molecule has 0 radical (unpaired) electrons. The van der Waals surface area contributed by atoms with Crippen LogP contribution in [0.25, 0.3) is 0 Å². The van der Waals surface area contributed by atoms with E-state index in [2.05, 4.69) is 10.3 Å². The fraction of sp³-hybridized carbons (Fsp3) is 0.400. The van der Waals surface area contributed by atoms with Crippen LogP contribution in [0, 0.1) is 0 Å². The maximum atomic E-state index is 11.8. The van der Waals surface area contributed by atoms with Crippen LogP contribution in [0.3, 0.4) is 0 Å². The van der Waals surface area contributed by atoms with Gasteiger partial charge in [0.25, 0.3) is 5.91 Å². The minimum absolute atomic E-state index is 0.177. The number of aromatic nitrogens is 1. The van der Waals surface area contributed by atoms with Crippen molar-refractivity contribution in [1.29, 1.82) is 0 Å². The summed E-state index contributed by atoms with van der Waals surface area (Å²) in [5.74, 6) is -0.428. The fourth-order valence-corrected chi connectivity index (χ4v) is 1.40. The number of nitrogen functional groups attached to an aromatic ring is 1. The number of anilines is 1. The predicted molar refractivity (Wildman–Crippen MR) is 63.9 cm³/mol. The first-order chi connectivity index (χ1) is 8.08. The maximum absolute atomic E-state index is 11.8. The summed E-state index contributed by atoms with van der Waals surface area (Å²) in [6.07, 6.45) is 1.31. The fourth-order valence-electron chi connectivity index (χ4n) is 1.24. The number of carbonyl (C=O) groups is 1. The van der Waals surface area contributed by atoms with Crippen molar-refractivity contribution < 1.29 is 14.6 Å². The number of carbonyl (C=O) groups excluding carboxylic acids is 1. The van der Waals surface area contributed by atoms with Crippen LogP contribution in [0.5, 0.6) is 0 Å². The molecule has 0 aliphatic rings. The smallest absolute Gasteiger partial charge is 0.253 e. The van der Waals surface area contributed by atoms with Crippen LogP contribution in [0.15, 0.2) is 12.3 Å². The lowest BCUT2D eigenvalue weighted by molar-refractivity contribution is 0.0840. The highest BCUT2D eigenvalue weighted by Crippen LogP contribution is 2.14. The molecular formula is C10H14ClN3O3. The molecule has 0 aliphatic heterocycles. The molecule has 1 atom stereocenters. The standard InChI is InChI=1S/C10H14ClN3O3/c1-17-5-6(4-15)14-10(16)7-2-9(11)13-3-8(7)12/h2-3,6,15H,4-5,12H2,1H3,(H,14,16). The van der Waals surface area contributed by atoms with Crippen LogP contribution in [0.4, 0.5) is 5.69 Å². The van der Waals surface area contributed by atoms with Gasteiger partial charge < -0.3 is 20.9 Å². The number of methoxy groups -OCH3 is 1. The van der Waals surface area contributed by atoms with Gasteiger partial charge >= 0.3 is 0 Å². The van der Waals surface area contributed by atoms with E-state index < -0.39 is 11.9 Å². The second-order valence-electron chi connectivity index (χ2n) is 3.40. The second-order valence-corrected chi connectivity index (χ2v) is 3.79. The number of nitrogens with one attached hydrogen (secondary N) is 1. The number of hydrogen-bond donors (Lipinski definition) is 3. The molecule has 1 amide bonds. The van der Waals surface area contributed by atoms with Gasteiger partial charge in [-0.2, -0.15) is 0 Å². The van der Waals surface area contributed by atoms with Gasteiger partial charge in [-0.1, -0.05) is 11.6 Å². The van der Waals surface area contributed by atoms with E-state index in [4.69, 9.17) is 27.2 Å². The number of pyridine rings is 1. The van der Waals surface area contributed by atoms with Crippen LogP contribution in [-0.2, 0) is 4.74 Å². The molecule has 7 heteroatoms. The Morgan fingerprint density at radius 1 is 1.76 bits per heavy atom. The molecule has 0 saturated carbocycles. The van der Waals surface area contributed by atoms with Crippen molar-refractivity contribution in [3.05, 3.63) is 23.0 Å². The zero-order valence-electron chi connectivity index (χ0n) is 9.31. The van der Waals surface area contributed by atoms with E-state index in [1.165, 1.54) is 19.4 Å². The lowest BCUT2D eigenvalue weighted by Crippen LogP contribution is -2.40. The van der Waals surface area contributed by atoms with E-state index >= 15 is 0 Å². The zero-order valence-corrected chi connectivity index (χ0v) is 10.1. The first-order valence-electron chi connectivity index (χ1n) is 4.90. The van der Waals surface area contributed by atoms with E-state index in [9.17, 15) is 4.79 Å². The van der Waals surface area contributed by atoms with Crippen molar-refractivity contribution in [2.24, 2.45) is 0 Å². The molecule has 1 aromatic heterocycles. The summed E-state index contributed by atoms with van der Waals surface area (Å²) in [5, 5.41) is 11.8. The second kappa shape index (κ2) is 6.39. The minimum Gasteiger partial charge on any atom is -0.397 e. The van der Waals surface area contributed by atoms with Gasteiger partial charge in [-0.05, 0) is 6.07 Å². The summed E-state index contributed by atoms with van der Waals surface area (Å²) in [6.45, 7) is -0.0146. The maximum Gasteiger partial charge on any atom is 0.253 e. The van der Waals surface area contributed by atoms with E-state index in [1.54, 1.807) is 0 Å². The molecule has 0 aromatic carbocycles. The molecule has 4 N–H and O–H groups in total. The lowest BCUT2D eigenvalue weighted by Gasteiger charge is -2.15. The topological polar surface area (TPSA) is 97.5 Å². The first kappa shape index (κ1) is 13.7. The van der Waals surface area contributed by atoms with Crippen molar-refractivity contribution in [2.75, 3.05) is 26.1 Å². The van der Waals surface area contributed by atoms with Gasteiger partial charge in [-0.15, -0.1) is 0 Å². The molecule has 17 heavy (non-hydrogen) atoms. The third-order valence-electron chi connectivity index (χ3n) is 2.07. The van der Waals surface area contributed by atoms with E-state index in [0.29, 0.717) is 0 Å². The Morgan fingerprint density at radius 2 is 2.47 bits per heavy atom. The van der Waals surface area contributed by atoms with Gasteiger partial charge in [0.2, 0.25) is 0 Å². The van der Waals surface area contributed by atoms with Crippen molar-refractivity contribution in [3.8, 4) is 0 Å². The lowest BCUT2D eigenvalue weighted by atomic mass is 10.2. The predicted octanol–water partition coefficient (Wildman–Crippen LogP) is 0.0543. The number of nitrogens with two attached hydrogens (primary N) is 1. The Kier molecular flexibility index (Phi) is 5.14. The van der Waals surface area contributed by atoms with E-state index in [0.717, 1.165) is 0 Å². The molecule has 94 valence electrons. The minimum atomic E-state index is -0.487. The number of nitrogens with zero attached hydrogens (tertiary/aromatic N) is 1. The molecule has 0 spiro atoms. The van der Waals surface area contributed by atoms with E-state index in [-0.39, 0.29) is 29.6 Å². The third-order valence-corrected chi connectivity index (χ3v) is 2.28. The van der Waals surface area contributed by atoms with Crippen LogP contribution >= 0.6 is 11.6 Å². The molecule has 6 nitrogen and oxygen atoms in total. The van der Waals surface area contributed by atoms with Crippen LogP contribution in [-0.4, -0.2) is 42.4 Å². The summed E-state index contributed by atoms with van der Waals surface area (Å²) in [7, 11) is 1.48. The van der Waals surface area contributed by atoms with Crippen LogP contribution in [0.1, 0.15) is 10.4 Å². The quantitative estimate of drug-likeness (QED) is 0.650. The van der Waals surface area contributed by atoms with Crippen molar-refractivity contribution in [2.45, 2.75) is 6.04 Å². The molecule has 0 aliphatic carbocycles. The average Bonchev–Trinajstić information content (AvgIpc) is 2.31. The highest BCUT2D eigenvalue weighted by Gasteiger charge is 2.15. The van der Waals surface area contributed by atoms with Gasteiger partial charge in [-0.25, -0.2) is 4.98 Å². The molecule has 0 saturated heterocycles. The average molecular weight is 260 g/mol. The summed E-state index contributed by atoms with van der Waals surface area (Å²) >= 11 is 5.67. The Bertz CT molecular complexity index is 400. The molecule has 0 fully saturated rings. The van der Waals surface area contributed by atoms with Crippen LogP contribution < -0.4 is 11.1 Å². The highest BCUT2D eigenvalue weighted by molar-refractivity contribution is 6.29. The third kappa shape index (κ3) is 3.85. The SMILES string of the molecule is COCC(CO)NC(=O)c1cc(Cl)ncc1N. The number of halogens is 1. The zero-order chi connectivity index (χ0) is 12.8. The van der Waals surface area contributed by atoms with Gasteiger partial charge in [0, 0.05) is 7.11 Å². The first-order valence-corrected chi connectivity index (χ1v) is 5.28. The van der Waals surface area contributed by atoms with Gasteiger partial charge in [-0.3, -0.25) is 4.79 Å². The Balaban J connectivity index is 2.78. The van der Waals surface area contributed by atoms with Gasteiger partial charge in [0.15, 0.2) is 0 Å². The number of rotatable bonds is 5. The summed E-state index contributed by atoms with van der Waals surface area (Å²) in [5.41, 5.74) is 6.05. The van der Waals surface area contributed by atoms with E-state index in [1.807, 2.05) is 0 Å². The number of amides is 1. The van der Waals surface area contributed by atoms with Crippen LogP contribution in [0.2, 0.25) is 5.15 Å². The number of aliphatic hydroxyl groups is 1. The largest absolute Gasteiger partial charge is 0.397 e. The highest BCUT2D eigenvalue weighted by atomic mass is 35.5. The normalized spacial score (nSPS) is 12.2. The summed E-state index contributed by atoms with van der Waals surface area (Å²) in [4.78, 5) is 15.6.